The number of hydrogen-bond acceptors (Lipinski definition) is 5. The van der Waals surface area contributed by atoms with Gasteiger partial charge in [0.25, 0.3) is 5.91 Å². The third kappa shape index (κ3) is 4.16. The molecule has 6 nitrogen and oxygen atoms in total. The van der Waals surface area contributed by atoms with Crippen LogP contribution in [0.4, 0.5) is 0 Å². The monoisotopic (exact) mass is 406 g/mol. The van der Waals surface area contributed by atoms with Crippen LogP contribution in [0.15, 0.2) is 40.5 Å². The smallest absolute Gasteiger partial charge is 0.271 e. The first-order valence-electron chi connectivity index (χ1n) is 10.7. The lowest BCUT2D eigenvalue weighted by Crippen LogP contribution is -2.28. The van der Waals surface area contributed by atoms with Crippen molar-refractivity contribution >= 4 is 23.0 Å². The molecule has 0 spiro atoms. The molecule has 1 N–H and O–H groups in total. The lowest BCUT2D eigenvalue weighted by molar-refractivity contribution is -0.124. The minimum Gasteiger partial charge on any atom is -0.343 e. The highest BCUT2D eigenvalue weighted by atomic mass is 16.2. The van der Waals surface area contributed by atoms with E-state index in [2.05, 4.69) is 33.4 Å². The van der Waals surface area contributed by atoms with Crippen molar-refractivity contribution in [3.63, 3.8) is 0 Å². The predicted molar refractivity (Wildman–Crippen MR) is 119 cm³/mol. The van der Waals surface area contributed by atoms with E-state index in [1.54, 1.807) is 19.0 Å². The fourth-order valence-electron chi connectivity index (χ4n) is 4.47. The molecule has 0 saturated carbocycles. The molecule has 0 unspecified atom stereocenters. The van der Waals surface area contributed by atoms with Crippen LogP contribution in [0.25, 0.3) is 5.57 Å². The van der Waals surface area contributed by atoms with Gasteiger partial charge in [-0.3, -0.25) is 14.5 Å². The van der Waals surface area contributed by atoms with Crippen molar-refractivity contribution < 1.29 is 9.59 Å². The maximum Gasteiger partial charge on any atom is 0.271 e. The van der Waals surface area contributed by atoms with Crippen LogP contribution < -0.4 is 5.32 Å². The van der Waals surface area contributed by atoms with Crippen LogP contribution in [0.1, 0.15) is 36.5 Å². The Morgan fingerprint density at radius 1 is 1.23 bits per heavy atom. The first kappa shape index (κ1) is 20.7. The number of nitrogens with one attached hydrogen (secondary N) is 1. The lowest BCUT2D eigenvalue weighted by atomic mass is 9.98. The first-order chi connectivity index (χ1) is 14.4. The quantitative estimate of drug-likeness (QED) is 0.779. The van der Waals surface area contributed by atoms with Gasteiger partial charge in [-0.05, 0) is 54.8 Å². The zero-order valence-corrected chi connectivity index (χ0v) is 18.1. The van der Waals surface area contributed by atoms with Crippen LogP contribution in [0, 0.1) is 0 Å². The van der Waals surface area contributed by atoms with E-state index in [0.717, 1.165) is 67.1 Å². The molecule has 2 aliphatic heterocycles. The van der Waals surface area contributed by atoms with Crippen molar-refractivity contribution in [3.05, 3.63) is 52.2 Å². The Labute approximate surface area is 178 Å². The fraction of sp³-hybridized carbons (Fsp3) is 0.458. The third-order valence-corrected chi connectivity index (χ3v) is 6.01. The summed E-state index contributed by atoms with van der Waals surface area (Å²) in [7, 11) is 3.46. The number of ketones is 1. The molecule has 1 saturated heterocycles. The van der Waals surface area contributed by atoms with E-state index >= 15 is 0 Å². The largest absolute Gasteiger partial charge is 0.343 e. The van der Waals surface area contributed by atoms with Gasteiger partial charge in [0.2, 0.25) is 0 Å². The highest BCUT2D eigenvalue weighted by Gasteiger charge is 2.29. The van der Waals surface area contributed by atoms with Crippen molar-refractivity contribution in [2.75, 3.05) is 40.3 Å². The van der Waals surface area contributed by atoms with Crippen molar-refractivity contribution in [2.24, 2.45) is 4.99 Å². The van der Waals surface area contributed by atoms with Gasteiger partial charge in [0, 0.05) is 57.9 Å². The summed E-state index contributed by atoms with van der Waals surface area (Å²) in [6.07, 6.45) is 4.11. The SMILES string of the molecule is CC1=C(C(=O)N(C)C)N=C(/C=C2\C(=O)Cc3cccc(CN4CCCNCC4)c32)C1. The minimum absolute atomic E-state index is 0.0884. The van der Waals surface area contributed by atoms with Gasteiger partial charge in [0.15, 0.2) is 5.78 Å². The number of amides is 1. The Morgan fingerprint density at radius 3 is 2.87 bits per heavy atom. The summed E-state index contributed by atoms with van der Waals surface area (Å²) in [5.74, 6) is 0.0530. The van der Waals surface area contributed by atoms with E-state index in [-0.39, 0.29) is 11.7 Å². The van der Waals surface area contributed by atoms with Crippen LogP contribution in [-0.4, -0.2) is 67.5 Å². The number of aliphatic imine (C=N–C) groups is 1. The number of benzene rings is 1. The number of likely N-dealkylation sites (N-methyl/N-ethyl adjacent to an activating group) is 1. The number of carbonyl (C=O) groups is 2. The number of allylic oxidation sites excluding steroid dienone is 3. The Balaban J connectivity index is 1.64. The molecule has 4 rings (SSSR count). The van der Waals surface area contributed by atoms with Crippen molar-refractivity contribution in [2.45, 2.75) is 32.7 Å². The van der Waals surface area contributed by atoms with Crippen LogP contribution in [0.2, 0.25) is 0 Å². The van der Waals surface area contributed by atoms with E-state index in [4.69, 9.17) is 0 Å². The fourth-order valence-corrected chi connectivity index (χ4v) is 4.47. The molecule has 158 valence electrons. The van der Waals surface area contributed by atoms with Gasteiger partial charge in [0.05, 0.1) is 0 Å². The molecule has 2 heterocycles. The van der Waals surface area contributed by atoms with Crippen LogP contribution in [0.5, 0.6) is 0 Å². The number of nitrogens with zero attached hydrogens (tertiary/aromatic N) is 3. The van der Waals surface area contributed by atoms with Gasteiger partial charge in [-0.1, -0.05) is 18.2 Å². The summed E-state index contributed by atoms with van der Waals surface area (Å²) in [6.45, 7) is 6.94. The average Bonchev–Trinajstić information content (AvgIpc) is 3.10. The van der Waals surface area contributed by atoms with E-state index in [0.29, 0.717) is 18.5 Å². The van der Waals surface area contributed by atoms with Crippen LogP contribution >= 0.6 is 0 Å². The molecule has 6 heteroatoms. The Kier molecular flexibility index (Phi) is 5.97. The van der Waals surface area contributed by atoms with Crippen LogP contribution in [0.3, 0.4) is 0 Å². The number of hydrogen-bond donors (Lipinski definition) is 1. The first-order valence-corrected chi connectivity index (χ1v) is 10.7. The van der Waals surface area contributed by atoms with Gasteiger partial charge in [0.1, 0.15) is 5.70 Å². The second-order valence-corrected chi connectivity index (χ2v) is 8.60. The van der Waals surface area contributed by atoms with Gasteiger partial charge in [-0.25, -0.2) is 4.99 Å². The minimum atomic E-state index is -0.0884. The zero-order chi connectivity index (χ0) is 21.3. The predicted octanol–water partition coefficient (Wildman–Crippen LogP) is 2.20. The summed E-state index contributed by atoms with van der Waals surface area (Å²) in [4.78, 5) is 33.8. The number of rotatable bonds is 4. The molecule has 1 aromatic rings. The summed E-state index contributed by atoms with van der Waals surface area (Å²) in [5.41, 5.74) is 6.39. The lowest BCUT2D eigenvalue weighted by Gasteiger charge is -2.21. The molecule has 0 radical (unpaired) electrons. The van der Waals surface area contributed by atoms with Gasteiger partial charge in [-0.2, -0.15) is 0 Å². The molecule has 0 atom stereocenters. The molecule has 1 amide bonds. The van der Waals surface area contributed by atoms with Crippen LogP contribution in [-0.2, 0) is 22.6 Å². The molecule has 1 aromatic carbocycles. The Bertz CT molecular complexity index is 963. The molecular weight excluding hydrogens is 376 g/mol. The van der Waals surface area contributed by atoms with E-state index in [1.165, 1.54) is 5.56 Å². The van der Waals surface area contributed by atoms with Gasteiger partial charge >= 0.3 is 0 Å². The second kappa shape index (κ2) is 8.66. The highest BCUT2D eigenvalue weighted by Crippen LogP contribution is 2.34. The van der Waals surface area contributed by atoms with Gasteiger partial charge in [-0.15, -0.1) is 0 Å². The molecule has 30 heavy (non-hydrogen) atoms. The molecule has 1 fully saturated rings. The summed E-state index contributed by atoms with van der Waals surface area (Å²) in [5, 5.41) is 3.45. The van der Waals surface area contributed by atoms with Gasteiger partial charge < -0.3 is 10.2 Å². The van der Waals surface area contributed by atoms with E-state index in [9.17, 15) is 9.59 Å². The standard InChI is InChI=1S/C24H30N4O2/c1-16-12-19(26-23(16)24(30)27(2)3)14-20-21(29)13-17-6-4-7-18(22(17)20)15-28-10-5-8-25-9-11-28/h4,6-7,14,25H,5,8-13,15H2,1-3H3/b20-14+. The summed E-state index contributed by atoms with van der Waals surface area (Å²) >= 11 is 0. The molecule has 0 bridgehead atoms. The maximum absolute atomic E-state index is 12.9. The van der Waals surface area contributed by atoms with E-state index < -0.39 is 0 Å². The molecule has 3 aliphatic rings. The molecule has 0 aromatic heterocycles. The maximum atomic E-state index is 12.9. The topological polar surface area (TPSA) is 65.0 Å². The van der Waals surface area contributed by atoms with Crippen molar-refractivity contribution in [3.8, 4) is 0 Å². The van der Waals surface area contributed by atoms with Crippen molar-refractivity contribution in [1.82, 2.24) is 15.1 Å². The normalized spacial score (nSPS) is 21.1. The molecule has 1 aliphatic carbocycles. The third-order valence-electron chi connectivity index (χ3n) is 6.01. The van der Waals surface area contributed by atoms with Crippen molar-refractivity contribution in [1.29, 1.82) is 0 Å². The zero-order valence-electron chi connectivity index (χ0n) is 18.1. The highest BCUT2D eigenvalue weighted by molar-refractivity contribution is 6.30. The Morgan fingerprint density at radius 2 is 2.07 bits per heavy atom. The second-order valence-electron chi connectivity index (χ2n) is 8.60. The Hall–Kier alpha value is -2.57. The summed E-state index contributed by atoms with van der Waals surface area (Å²) < 4.78 is 0. The number of carbonyl (C=O) groups excluding carboxylic acids is 2. The summed E-state index contributed by atoms with van der Waals surface area (Å²) in [6, 6.07) is 6.26. The molecular formula is C24H30N4O2. The average molecular weight is 407 g/mol. The number of Topliss-reactive ketones (excluding diaryl/α,β-unsaturated/α-hetero) is 1. The number of fused-ring (bicyclic) bond motifs is 1. The van der Waals surface area contributed by atoms with E-state index in [1.807, 2.05) is 13.0 Å².